The molecule has 0 aromatic heterocycles. The Balaban J connectivity index is 1.82. The molecule has 3 rings (SSSR count). The summed E-state index contributed by atoms with van der Waals surface area (Å²) in [7, 11) is 0. The third-order valence-corrected chi connectivity index (χ3v) is 5.99. The van der Waals surface area contributed by atoms with Crippen LogP contribution >= 0.6 is 11.6 Å². The third kappa shape index (κ3) is 3.49. The zero-order chi connectivity index (χ0) is 15.6. The van der Waals surface area contributed by atoms with Crippen LogP contribution in [0.1, 0.15) is 63.4 Å². The van der Waals surface area contributed by atoms with Crippen molar-refractivity contribution in [3.05, 3.63) is 41.0 Å². The summed E-state index contributed by atoms with van der Waals surface area (Å²) in [4.78, 5) is 0. The van der Waals surface area contributed by atoms with E-state index in [1.54, 1.807) is 0 Å². The molecule has 1 aromatic carbocycles. The number of nitrogens with two attached hydrogens (primary N) is 1. The topological polar surface area (TPSA) is 26.0 Å². The Bertz CT molecular complexity index is 502. The van der Waals surface area contributed by atoms with E-state index in [0.717, 1.165) is 25.2 Å². The Morgan fingerprint density at radius 1 is 1.23 bits per heavy atom. The Morgan fingerprint density at radius 2 is 2.00 bits per heavy atom. The second-order valence-electron chi connectivity index (χ2n) is 7.28. The number of rotatable bonds is 3. The van der Waals surface area contributed by atoms with Crippen LogP contribution in [-0.2, 0) is 5.41 Å². The van der Waals surface area contributed by atoms with E-state index < -0.39 is 0 Å². The van der Waals surface area contributed by atoms with Gasteiger partial charge in [0.2, 0.25) is 0 Å². The molecule has 3 heteroatoms. The Kier molecular flexibility index (Phi) is 5.09. The van der Waals surface area contributed by atoms with Crippen LogP contribution < -0.4 is 5.73 Å². The fourth-order valence-corrected chi connectivity index (χ4v) is 4.58. The van der Waals surface area contributed by atoms with Crippen molar-refractivity contribution in [1.29, 1.82) is 0 Å². The summed E-state index contributed by atoms with van der Waals surface area (Å²) in [6, 6.07) is 5.75. The lowest BCUT2D eigenvalue weighted by Gasteiger charge is -2.42. The molecule has 0 saturated heterocycles. The molecular weight excluding hydrogens is 297 g/mol. The van der Waals surface area contributed by atoms with E-state index in [-0.39, 0.29) is 16.3 Å². The molecule has 1 atom stereocenters. The summed E-state index contributed by atoms with van der Waals surface area (Å²) in [6.45, 7) is 0. The molecule has 0 bridgehead atoms. The van der Waals surface area contributed by atoms with Gasteiger partial charge < -0.3 is 5.73 Å². The molecule has 2 saturated carbocycles. The van der Waals surface area contributed by atoms with Crippen molar-refractivity contribution >= 4 is 11.6 Å². The lowest BCUT2D eigenvalue weighted by molar-refractivity contribution is 0.214. The molecule has 2 fully saturated rings. The second-order valence-corrected chi connectivity index (χ2v) is 7.69. The highest BCUT2D eigenvalue weighted by Gasteiger charge is 2.37. The number of halogens is 2. The zero-order valence-corrected chi connectivity index (χ0v) is 13.9. The van der Waals surface area contributed by atoms with Gasteiger partial charge in [0.1, 0.15) is 5.82 Å². The molecule has 2 aliphatic rings. The lowest BCUT2D eigenvalue weighted by atomic mass is 9.63. The van der Waals surface area contributed by atoms with Crippen molar-refractivity contribution in [2.75, 3.05) is 0 Å². The van der Waals surface area contributed by atoms with Crippen molar-refractivity contribution in [2.24, 2.45) is 11.7 Å². The van der Waals surface area contributed by atoms with Crippen molar-refractivity contribution in [3.8, 4) is 0 Å². The normalized spacial score (nSPS) is 28.5. The fraction of sp³-hybridized carbons (Fsp3) is 0.632. The summed E-state index contributed by atoms with van der Waals surface area (Å²) in [5.41, 5.74) is 7.43. The predicted octanol–water partition coefficient (Wildman–Crippen LogP) is 5.40. The van der Waals surface area contributed by atoms with Crippen LogP contribution in [0.5, 0.6) is 0 Å². The predicted molar refractivity (Wildman–Crippen MR) is 90.4 cm³/mol. The van der Waals surface area contributed by atoms with E-state index in [1.807, 2.05) is 12.1 Å². The number of hydrogen-bond acceptors (Lipinski definition) is 1. The van der Waals surface area contributed by atoms with Gasteiger partial charge in [-0.3, -0.25) is 0 Å². The smallest absolute Gasteiger partial charge is 0.141 e. The van der Waals surface area contributed by atoms with E-state index in [0.29, 0.717) is 6.04 Å². The molecule has 1 nitrogen and oxygen atoms in total. The molecular formula is C19H26ClFN. The maximum Gasteiger partial charge on any atom is 0.141 e. The van der Waals surface area contributed by atoms with Gasteiger partial charge in [0.15, 0.2) is 0 Å². The Morgan fingerprint density at radius 3 is 2.64 bits per heavy atom. The highest BCUT2D eigenvalue weighted by molar-refractivity contribution is 6.30. The summed E-state index contributed by atoms with van der Waals surface area (Å²) in [5, 5.41) is 0.258. The van der Waals surface area contributed by atoms with Crippen LogP contribution in [0.2, 0.25) is 5.02 Å². The van der Waals surface area contributed by atoms with Crippen LogP contribution in [-0.4, -0.2) is 6.04 Å². The number of benzene rings is 1. The van der Waals surface area contributed by atoms with Crippen molar-refractivity contribution in [2.45, 2.75) is 69.2 Å². The van der Waals surface area contributed by atoms with Gasteiger partial charge in [0, 0.05) is 6.04 Å². The summed E-state index contributed by atoms with van der Waals surface area (Å²) >= 11 is 6.06. The first-order chi connectivity index (χ1) is 10.6. The quantitative estimate of drug-likeness (QED) is 0.791. The van der Waals surface area contributed by atoms with Gasteiger partial charge in [-0.2, -0.15) is 0 Å². The van der Waals surface area contributed by atoms with Gasteiger partial charge in [-0.05, 0) is 80.4 Å². The molecule has 0 amide bonds. The van der Waals surface area contributed by atoms with Crippen molar-refractivity contribution in [1.82, 2.24) is 0 Å². The van der Waals surface area contributed by atoms with Crippen LogP contribution in [0.3, 0.4) is 0 Å². The van der Waals surface area contributed by atoms with Gasteiger partial charge in [-0.1, -0.05) is 30.5 Å². The maximum absolute atomic E-state index is 13.5. The summed E-state index contributed by atoms with van der Waals surface area (Å²) in [6.07, 6.45) is 13.1. The molecule has 2 N–H and O–H groups in total. The number of hydrogen-bond donors (Lipinski definition) is 1. The molecule has 121 valence electrons. The molecule has 0 heterocycles. The van der Waals surface area contributed by atoms with E-state index in [2.05, 4.69) is 6.42 Å². The summed E-state index contributed by atoms with van der Waals surface area (Å²) < 4.78 is 13.5. The first kappa shape index (κ1) is 16.3. The van der Waals surface area contributed by atoms with Crippen LogP contribution in [0.15, 0.2) is 18.2 Å². The molecule has 1 unspecified atom stereocenters. The standard InChI is InChI=1S/C19H26ClFN/c20-17-12-15(6-9-18(17)21)19(10-2-1-3-11-19)13-14-4-7-16(22)8-5-14/h2,6,9,12,14,16H,1,3-5,7-8,10-11,13,22H2. The Hall–Kier alpha value is -0.600. The van der Waals surface area contributed by atoms with Gasteiger partial charge >= 0.3 is 0 Å². The average Bonchev–Trinajstić information content (AvgIpc) is 2.53. The van der Waals surface area contributed by atoms with Crippen LogP contribution in [0.25, 0.3) is 0 Å². The fourth-order valence-electron chi connectivity index (χ4n) is 4.40. The minimum atomic E-state index is -0.316. The van der Waals surface area contributed by atoms with Crippen LogP contribution in [0, 0.1) is 18.2 Å². The minimum absolute atomic E-state index is 0.154. The van der Waals surface area contributed by atoms with E-state index in [9.17, 15) is 4.39 Å². The van der Waals surface area contributed by atoms with Crippen molar-refractivity contribution in [3.63, 3.8) is 0 Å². The lowest BCUT2D eigenvalue weighted by Crippen LogP contribution is -2.35. The first-order valence-electron chi connectivity index (χ1n) is 8.62. The molecule has 0 spiro atoms. The highest BCUT2D eigenvalue weighted by Crippen LogP contribution is 2.46. The van der Waals surface area contributed by atoms with E-state index in [1.165, 1.54) is 50.2 Å². The second kappa shape index (κ2) is 6.88. The first-order valence-corrected chi connectivity index (χ1v) is 9.00. The monoisotopic (exact) mass is 322 g/mol. The van der Waals surface area contributed by atoms with E-state index in [4.69, 9.17) is 17.3 Å². The van der Waals surface area contributed by atoms with Gasteiger partial charge in [0.25, 0.3) is 0 Å². The van der Waals surface area contributed by atoms with Gasteiger partial charge in [0.05, 0.1) is 5.02 Å². The largest absolute Gasteiger partial charge is 0.328 e. The average molecular weight is 323 g/mol. The molecule has 22 heavy (non-hydrogen) atoms. The van der Waals surface area contributed by atoms with Gasteiger partial charge in [-0.15, -0.1) is 0 Å². The Labute approximate surface area is 138 Å². The minimum Gasteiger partial charge on any atom is -0.328 e. The third-order valence-electron chi connectivity index (χ3n) is 5.70. The van der Waals surface area contributed by atoms with Crippen molar-refractivity contribution < 1.29 is 4.39 Å². The zero-order valence-electron chi connectivity index (χ0n) is 13.2. The molecule has 0 aliphatic heterocycles. The molecule has 2 aliphatic carbocycles. The SMILES string of the molecule is NC1CCC(CC2(c3ccc(F)c(Cl)c3)C[CH]CCC2)CC1. The summed E-state index contributed by atoms with van der Waals surface area (Å²) in [5.74, 6) is 0.430. The maximum atomic E-state index is 13.5. The van der Waals surface area contributed by atoms with E-state index >= 15 is 0 Å². The van der Waals surface area contributed by atoms with Gasteiger partial charge in [-0.25, -0.2) is 4.39 Å². The van der Waals surface area contributed by atoms with Crippen LogP contribution in [0.4, 0.5) is 4.39 Å². The molecule has 1 aromatic rings. The highest BCUT2D eigenvalue weighted by atomic mass is 35.5. The molecule has 1 radical (unpaired) electrons.